The van der Waals surface area contributed by atoms with Gasteiger partial charge in [-0.1, -0.05) is 54.1 Å². The molecule has 4 aromatic rings. The maximum Gasteiger partial charge on any atom is 0.433 e. The Morgan fingerprint density at radius 2 is 1.70 bits per heavy atom. The molecule has 1 aromatic heterocycles. The fourth-order valence-electron chi connectivity index (χ4n) is 5.91. The Balaban J connectivity index is 1.26. The molecule has 1 N–H and O–H groups in total. The van der Waals surface area contributed by atoms with E-state index in [4.69, 9.17) is 21.1 Å². The zero-order valence-electron chi connectivity index (χ0n) is 23.8. The summed E-state index contributed by atoms with van der Waals surface area (Å²) < 4.78 is 66.2. The molecule has 44 heavy (non-hydrogen) atoms. The normalized spacial score (nSPS) is 17.5. The number of likely N-dealkylation sites (tertiary alicyclic amines) is 1. The molecular weight excluding hydrogens is 596 g/mol. The number of hydrogen-bond donors (Lipinski definition) is 1. The summed E-state index contributed by atoms with van der Waals surface area (Å²) in [6.07, 6.45) is -1.27. The van der Waals surface area contributed by atoms with Crippen molar-refractivity contribution in [1.29, 1.82) is 0 Å². The van der Waals surface area contributed by atoms with Crippen molar-refractivity contribution in [3.63, 3.8) is 0 Å². The maximum atomic E-state index is 14.6. The number of aliphatic hydroxyl groups excluding tert-OH is 1. The van der Waals surface area contributed by atoms with Crippen LogP contribution < -0.4 is 9.47 Å². The van der Waals surface area contributed by atoms with Crippen molar-refractivity contribution in [2.75, 3.05) is 13.1 Å². The second-order valence-corrected chi connectivity index (χ2v) is 11.6. The van der Waals surface area contributed by atoms with Gasteiger partial charge in [-0.3, -0.25) is 9.88 Å². The van der Waals surface area contributed by atoms with Gasteiger partial charge in [0.15, 0.2) is 0 Å². The summed E-state index contributed by atoms with van der Waals surface area (Å²) in [5.41, 5.74) is 3.71. The van der Waals surface area contributed by atoms with Gasteiger partial charge in [-0.15, -0.1) is 0 Å². The monoisotopic (exact) mass is 626 g/mol. The average molecular weight is 627 g/mol. The molecule has 2 heterocycles. The van der Waals surface area contributed by atoms with Crippen LogP contribution in [0.25, 0.3) is 11.1 Å². The van der Waals surface area contributed by atoms with Gasteiger partial charge in [0.2, 0.25) is 0 Å². The second-order valence-electron chi connectivity index (χ2n) is 11.2. The Morgan fingerprint density at radius 3 is 2.43 bits per heavy atom. The Kier molecular flexibility index (Phi) is 8.80. The number of pyridine rings is 1. The molecule has 0 radical (unpaired) electrons. The number of rotatable bonds is 8. The first kappa shape index (κ1) is 30.4. The van der Waals surface area contributed by atoms with E-state index in [-0.39, 0.29) is 24.6 Å². The molecule has 0 bridgehead atoms. The van der Waals surface area contributed by atoms with Crippen molar-refractivity contribution >= 4 is 11.6 Å². The highest BCUT2D eigenvalue weighted by Gasteiger charge is 2.32. The predicted molar refractivity (Wildman–Crippen MR) is 159 cm³/mol. The summed E-state index contributed by atoms with van der Waals surface area (Å²) in [6, 6.07) is 18.3. The molecule has 0 amide bonds. The number of ether oxygens (including phenoxy) is 2. The summed E-state index contributed by atoms with van der Waals surface area (Å²) in [7, 11) is 0. The van der Waals surface area contributed by atoms with Crippen LogP contribution >= 0.6 is 11.6 Å². The molecule has 0 unspecified atom stereocenters. The van der Waals surface area contributed by atoms with E-state index in [0.717, 1.165) is 34.5 Å². The van der Waals surface area contributed by atoms with E-state index in [0.29, 0.717) is 73.0 Å². The fraction of sp³-hybridized carbons (Fsp3) is 0.324. The summed E-state index contributed by atoms with van der Waals surface area (Å²) >= 11 is 6.77. The predicted octanol–water partition coefficient (Wildman–Crippen LogP) is 8.16. The highest BCUT2D eigenvalue weighted by atomic mass is 35.5. The van der Waals surface area contributed by atoms with Crippen LogP contribution in [0.5, 0.6) is 11.5 Å². The molecule has 1 fully saturated rings. The van der Waals surface area contributed by atoms with Gasteiger partial charge >= 0.3 is 6.18 Å². The Labute approximate surface area is 258 Å². The minimum Gasteiger partial charge on any atom is -0.488 e. The van der Waals surface area contributed by atoms with E-state index in [1.165, 1.54) is 12.1 Å². The summed E-state index contributed by atoms with van der Waals surface area (Å²) in [4.78, 5) is 5.73. The summed E-state index contributed by atoms with van der Waals surface area (Å²) in [5.74, 6) is 0.630. The minimum absolute atomic E-state index is 0.00378. The van der Waals surface area contributed by atoms with Crippen molar-refractivity contribution in [3.05, 3.63) is 112 Å². The third-order valence-corrected chi connectivity index (χ3v) is 8.52. The number of aromatic nitrogens is 1. The molecule has 230 valence electrons. The van der Waals surface area contributed by atoms with Crippen molar-refractivity contribution in [2.24, 2.45) is 0 Å². The Bertz CT molecular complexity index is 1620. The highest BCUT2D eigenvalue weighted by Crippen LogP contribution is 2.43. The molecule has 3 aromatic carbocycles. The van der Waals surface area contributed by atoms with Gasteiger partial charge < -0.3 is 14.6 Å². The molecule has 1 aliphatic carbocycles. The van der Waals surface area contributed by atoms with Crippen LogP contribution in [-0.4, -0.2) is 34.2 Å². The number of halogens is 5. The lowest BCUT2D eigenvalue weighted by Gasteiger charge is -2.30. The fourth-order valence-corrected chi connectivity index (χ4v) is 6.14. The first-order chi connectivity index (χ1) is 21.2. The van der Waals surface area contributed by atoms with E-state index < -0.39 is 11.9 Å². The standard InChI is InChI=1S/C34H31ClF4N2O3/c35-28-16-22(19-41-14-12-23(42)13-15-41)31(43-20-21-8-11-33(40-18-21)34(37,38)39)17-32(28)44-30-10-9-25-24(5-3-6-27(25)30)26-4-1-2-7-29(26)36/h1-8,11,16-18,23,30,42H,9-10,12-15,19-20H2/t30-/m0/s1. The molecule has 1 atom stereocenters. The molecule has 0 spiro atoms. The van der Waals surface area contributed by atoms with E-state index in [1.807, 2.05) is 24.3 Å². The lowest BCUT2D eigenvalue weighted by Crippen LogP contribution is -2.35. The minimum atomic E-state index is -4.52. The van der Waals surface area contributed by atoms with Crippen LogP contribution in [0, 0.1) is 5.82 Å². The number of hydrogen-bond acceptors (Lipinski definition) is 5. The topological polar surface area (TPSA) is 54.8 Å². The van der Waals surface area contributed by atoms with Gasteiger partial charge in [-0.05, 0) is 60.6 Å². The maximum absolute atomic E-state index is 14.6. The molecule has 1 aliphatic heterocycles. The molecular formula is C34H31ClF4N2O3. The third kappa shape index (κ3) is 6.70. The summed E-state index contributed by atoms with van der Waals surface area (Å²) in [5, 5.41) is 10.3. The van der Waals surface area contributed by atoms with Crippen LogP contribution in [0.15, 0.2) is 72.9 Å². The lowest BCUT2D eigenvalue weighted by atomic mass is 9.96. The number of aliphatic hydroxyl groups is 1. The van der Waals surface area contributed by atoms with Gasteiger partial charge in [-0.25, -0.2) is 4.39 Å². The van der Waals surface area contributed by atoms with Crippen molar-refractivity contribution in [1.82, 2.24) is 9.88 Å². The quantitative estimate of drug-likeness (QED) is 0.200. The molecule has 5 nitrogen and oxygen atoms in total. The van der Waals surface area contributed by atoms with Crippen LogP contribution in [0.4, 0.5) is 17.6 Å². The summed E-state index contributed by atoms with van der Waals surface area (Å²) in [6.45, 7) is 1.94. The van der Waals surface area contributed by atoms with Gasteiger partial charge in [0.05, 0.1) is 11.1 Å². The Morgan fingerprint density at radius 1 is 0.932 bits per heavy atom. The smallest absolute Gasteiger partial charge is 0.433 e. The van der Waals surface area contributed by atoms with Crippen LogP contribution in [-0.2, 0) is 25.7 Å². The number of piperidine rings is 1. The van der Waals surface area contributed by atoms with E-state index >= 15 is 0 Å². The number of benzene rings is 3. The molecule has 1 saturated heterocycles. The van der Waals surface area contributed by atoms with Crippen molar-refractivity contribution in [2.45, 2.75) is 57.2 Å². The molecule has 2 aliphatic rings. The van der Waals surface area contributed by atoms with Crippen molar-refractivity contribution < 1.29 is 32.1 Å². The van der Waals surface area contributed by atoms with Gasteiger partial charge in [0, 0.05) is 48.6 Å². The van der Waals surface area contributed by atoms with Crippen LogP contribution in [0.3, 0.4) is 0 Å². The Hall–Kier alpha value is -3.66. The molecule has 6 rings (SSSR count). The highest BCUT2D eigenvalue weighted by molar-refractivity contribution is 6.32. The third-order valence-electron chi connectivity index (χ3n) is 8.22. The molecule has 0 saturated carbocycles. The van der Waals surface area contributed by atoms with E-state index in [1.54, 1.807) is 24.3 Å². The largest absolute Gasteiger partial charge is 0.488 e. The SMILES string of the molecule is OC1CCN(Cc2cc(Cl)c(O[C@H]3CCc4c(-c5ccccc5F)cccc43)cc2OCc2ccc(C(F)(F)F)nc2)CC1. The van der Waals surface area contributed by atoms with Crippen LogP contribution in [0.2, 0.25) is 5.02 Å². The van der Waals surface area contributed by atoms with E-state index in [9.17, 15) is 22.7 Å². The second kappa shape index (κ2) is 12.8. The molecule has 10 heteroatoms. The lowest BCUT2D eigenvalue weighted by molar-refractivity contribution is -0.141. The average Bonchev–Trinajstić information content (AvgIpc) is 3.42. The van der Waals surface area contributed by atoms with Crippen molar-refractivity contribution in [3.8, 4) is 22.6 Å². The van der Waals surface area contributed by atoms with Gasteiger partial charge in [-0.2, -0.15) is 13.2 Å². The number of alkyl halides is 3. The number of fused-ring (bicyclic) bond motifs is 1. The number of nitrogens with zero attached hydrogens (tertiary/aromatic N) is 2. The zero-order valence-corrected chi connectivity index (χ0v) is 24.5. The van der Waals surface area contributed by atoms with E-state index in [2.05, 4.69) is 9.88 Å². The first-order valence-electron chi connectivity index (χ1n) is 14.6. The van der Waals surface area contributed by atoms with Gasteiger partial charge in [0.25, 0.3) is 0 Å². The van der Waals surface area contributed by atoms with Crippen LogP contribution in [0.1, 0.15) is 53.3 Å². The van der Waals surface area contributed by atoms with Gasteiger partial charge in [0.1, 0.15) is 35.7 Å². The first-order valence-corrected chi connectivity index (χ1v) is 14.9. The zero-order chi connectivity index (χ0) is 30.8.